The molecule has 1 atom stereocenters. The third-order valence-corrected chi connectivity index (χ3v) is 3.27. The molecule has 0 spiro atoms. The number of nitrogens with one attached hydrogen (secondary N) is 1. The topological polar surface area (TPSA) is 73.0 Å². The van der Waals surface area contributed by atoms with E-state index in [0.29, 0.717) is 10.2 Å². The van der Waals surface area contributed by atoms with Gasteiger partial charge in [-0.1, -0.05) is 15.9 Å². The van der Waals surface area contributed by atoms with E-state index in [4.69, 9.17) is 0 Å². The lowest BCUT2D eigenvalue weighted by molar-refractivity contribution is -0.384. The Morgan fingerprint density at radius 2 is 2.26 bits per heavy atom. The summed E-state index contributed by atoms with van der Waals surface area (Å²) >= 11 is 3.23. The van der Waals surface area contributed by atoms with Crippen LogP contribution in [0.1, 0.15) is 18.8 Å². The van der Waals surface area contributed by atoms with E-state index >= 15 is 0 Å². The number of halogens is 1. The van der Waals surface area contributed by atoms with Gasteiger partial charge in [-0.15, -0.1) is 0 Å². The van der Waals surface area contributed by atoms with Gasteiger partial charge in [0.1, 0.15) is 11.5 Å². The quantitative estimate of drug-likeness (QED) is 0.692. The number of imidazole rings is 1. The highest BCUT2D eigenvalue weighted by molar-refractivity contribution is 9.10. The van der Waals surface area contributed by atoms with E-state index in [9.17, 15) is 10.1 Å². The van der Waals surface area contributed by atoms with Gasteiger partial charge in [-0.3, -0.25) is 10.1 Å². The number of hydrogen-bond acceptors (Lipinski definition) is 4. The molecule has 1 N–H and O–H groups in total. The second-order valence-electron chi connectivity index (χ2n) is 4.18. The summed E-state index contributed by atoms with van der Waals surface area (Å²) in [5.41, 5.74) is 0.513. The molecule has 1 unspecified atom stereocenters. The highest BCUT2D eigenvalue weighted by Gasteiger charge is 2.18. The predicted molar refractivity (Wildman–Crippen MR) is 76.0 cm³/mol. The zero-order valence-electron chi connectivity index (χ0n) is 10.5. The fourth-order valence-corrected chi connectivity index (χ4v) is 2.22. The Kier molecular flexibility index (Phi) is 3.84. The van der Waals surface area contributed by atoms with Crippen LogP contribution in [0, 0.1) is 10.1 Å². The van der Waals surface area contributed by atoms with Crippen LogP contribution in [0.25, 0.3) is 0 Å². The van der Waals surface area contributed by atoms with E-state index in [-0.39, 0.29) is 11.7 Å². The monoisotopic (exact) mass is 324 g/mol. The number of benzene rings is 1. The molecular formula is C12H13BrN4O2. The normalized spacial score (nSPS) is 12.2. The van der Waals surface area contributed by atoms with Crippen LogP contribution in [0.2, 0.25) is 0 Å². The van der Waals surface area contributed by atoms with Crippen molar-refractivity contribution in [1.29, 1.82) is 0 Å². The highest BCUT2D eigenvalue weighted by Crippen LogP contribution is 2.30. The van der Waals surface area contributed by atoms with Crippen LogP contribution >= 0.6 is 15.9 Å². The molecule has 0 saturated carbocycles. The summed E-state index contributed by atoms with van der Waals surface area (Å²) in [5.74, 6) is 0.817. The summed E-state index contributed by atoms with van der Waals surface area (Å²) in [6.07, 6.45) is 3.53. The van der Waals surface area contributed by atoms with Crippen molar-refractivity contribution < 1.29 is 4.92 Å². The number of nitrogens with zero attached hydrogens (tertiary/aromatic N) is 3. The molecule has 0 fully saturated rings. The molecule has 1 aromatic heterocycles. The maximum atomic E-state index is 11.0. The van der Waals surface area contributed by atoms with Gasteiger partial charge in [-0.25, -0.2) is 4.98 Å². The molecule has 0 bridgehead atoms. The number of nitro benzene ring substituents is 1. The molecule has 6 nitrogen and oxygen atoms in total. The summed E-state index contributed by atoms with van der Waals surface area (Å²) in [7, 11) is 1.89. The number of aromatic nitrogens is 2. The molecule has 0 saturated heterocycles. The Hall–Kier alpha value is -1.89. The first kappa shape index (κ1) is 13.5. The van der Waals surface area contributed by atoms with Crippen LogP contribution in [0.4, 0.5) is 11.4 Å². The first-order chi connectivity index (χ1) is 8.99. The first-order valence-electron chi connectivity index (χ1n) is 5.66. The molecule has 0 aliphatic heterocycles. The lowest BCUT2D eigenvalue weighted by Crippen LogP contribution is -2.12. The summed E-state index contributed by atoms with van der Waals surface area (Å²) in [6, 6.07) is 4.80. The van der Waals surface area contributed by atoms with Gasteiger partial charge in [0.2, 0.25) is 0 Å². The molecule has 1 aromatic carbocycles. The molecule has 7 heteroatoms. The number of aryl methyl sites for hydroxylation is 1. The minimum atomic E-state index is -0.405. The lowest BCUT2D eigenvalue weighted by Gasteiger charge is -2.15. The van der Waals surface area contributed by atoms with E-state index in [0.717, 1.165) is 5.82 Å². The molecule has 0 amide bonds. The van der Waals surface area contributed by atoms with E-state index in [2.05, 4.69) is 26.2 Å². The average molecular weight is 325 g/mol. The molecule has 100 valence electrons. The van der Waals surface area contributed by atoms with Crippen molar-refractivity contribution in [2.24, 2.45) is 7.05 Å². The van der Waals surface area contributed by atoms with Crippen molar-refractivity contribution in [2.75, 3.05) is 5.32 Å². The maximum Gasteiger partial charge on any atom is 0.293 e. The zero-order chi connectivity index (χ0) is 14.0. The van der Waals surface area contributed by atoms with E-state index in [1.165, 1.54) is 6.07 Å². The third-order valence-electron chi connectivity index (χ3n) is 2.77. The number of anilines is 1. The fraction of sp³-hybridized carbons (Fsp3) is 0.250. The standard InChI is InChI=1S/C12H13BrN4O2/c1-8(12-14-5-6-16(12)2)15-10-4-3-9(13)7-11(10)17(18)19/h3-8,15H,1-2H3. The van der Waals surface area contributed by atoms with Gasteiger partial charge in [-0.2, -0.15) is 0 Å². The lowest BCUT2D eigenvalue weighted by atomic mass is 10.2. The van der Waals surface area contributed by atoms with Crippen LogP contribution in [-0.2, 0) is 7.05 Å². The molecule has 1 heterocycles. The van der Waals surface area contributed by atoms with Crippen LogP contribution in [-0.4, -0.2) is 14.5 Å². The number of hydrogen-bond donors (Lipinski definition) is 1. The summed E-state index contributed by atoms with van der Waals surface area (Å²) in [5, 5.41) is 14.1. The fourth-order valence-electron chi connectivity index (χ4n) is 1.87. The van der Waals surface area contributed by atoms with Crippen molar-refractivity contribution in [3.8, 4) is 0 Å². The van der Waals surface area contributed by atoms with Gasteiger partial charge >= 0.3 is 0 Å². The third kappa shape index (κ3) is 2.93. The predicted octanol–water partition coefficient (Wildman–Crippen LogP) is 3.26. The molecule has 2 aromatic rings. The summed E-state index contributed by atoms with van der Waals surface area (Å²) in [4.78, 5) is 14.9. The zero-order valence-corrected chi connectivity index (χ0v) is 12.1. The van der Waals surface area contributed by atoms with Gasteiger partial charge in [-0.05, 0) is 19.1 Å². The van der Waals surface area contributed by atoms with Crippen molar-refractivity contribution in [3.63, 3.8) is 0 Å². The highest BCUT2D eigenvalue weighted by atomic mass is 79.9. The second-order valence-corrected chi connectivity index (χ2v) is 5.10. The smallest absolute Gasteiger partial charge is 0.293 e. The molecule has 0 aliphatic carbocycles. The first-order valence-corrected chi connectivity index (χ1v) is 6.46. The van der Waals surface area contributed by atoms with Crippen LogP contribution < -0.4 is 5.32 Å². The molecule has 0 radical (unpaired) electrons. The average Bonchev–Trinajstić information content (AvgIpc) is 2.77. The Labute approximate surface area is 118 Å². The van der Waals surface area contributed by atoms with Crippen molar-refractivity contribution in [2.45, 2.75) is 13.0 Å². The molecule has 0 aliphatic rings. The van der Waals surface area contributed by atoms with Crippen LogP contribution in [0.5, 0.6) is 0 Å². The molecule has 2 rings (SSSR count). The number of nitro groups is 1. The largest absolute Gasteiger partial charge is 0.370 e. The maximum absolute atomic E-state index is 11.0. The van der Waals surface area contributed by atoms with Gasteiger partial charge in [0.05, 0.1) is 11.0 Å². The Balaban J connectivity index is 2.29. The SMILES string of the molecule is CC(Nc1ccc(Br)cc1[N+](=O)[O-])c1nccn1C. The Bertz CT molecular complexity index is 612. The van der Waals surface area contributed by atoms with Crippen molar-refractivity contribution in [3.05, 3.63) is 51.0 Å². The summed E-state index contributed by atoms with van der Waals surface area (Å²) in [6.45, 7) is 1.91. The van der Waals surface area contributed by atoms with Crippen molar-refractivity contribution in [1.82, 2.24) is 9.55 Å². The van der Waals surface area contributed by atoms with Gasteiger partial charge in [0.25, 0.3) is 5.69 Å². The van der Waals surface area contributed by atoms with Gasteiger partial charge in [0, 0.05) is 30.0 Å². The van der Waals surface area contributed by atoms with Gasteiger partial charge < -0.3 is 9.88 Å². The van der Waals surface area contributed by atoms with Crippen molar-refractivity contribution >= 4 is 27.3 Å². The van der Waals surface area contributed by atoms with Crippen LogP contribution in [0.3, 0.4) is 0 Å². The Morgan fingerprint density at radius 1 is 1.53 bits per heavy atom. The minimum absolute atomic E-state index is 0.0374. The number of rotatable bonds is 4. The summed E-state index contributed by atoms with van der Waals surface area (Å²) < 4.78 is 2.55. The second kappa shape index (κ2) is 5.40. The Morgan fingerprint density at radius 3 is 2.84 bits per heavy atom. The minimum Gasteiger partial charge on any atom is -0.370 e. The van der Waals surface area contributed by atoms with Crippen LogP contribution in [0.15, 0.2) is 35.1 Å². The van der Waals surface area contributed by atoms with E-state index < -0.39 is 4.92 Å². The molecular weight excluding hydrogens is 312 g/mol. The molecule has 19 heavy (non-hydrogen) atoms. The van der Waals surface area contributed by atoms with E-state index in [1.54, 1.807) is 18.3 Å². The van der Waals surface area contributed by atoms with Gasteiger partial charge in [0.15, 0.2) is 0 Å². The van der Waals surface area contributed by atoms with E-state index in [1.807, 2.05) is 24.7 Å².